The van der Waals surface area contributed by atoms with Gasteiger partial charge in [0.05, 0.1) is 6.42 Å². The summed E-state index contributed by atoms with van der Waals surface area (Å²) in [6.45, 7) is 14.6. The van der Waals surface area contributed by atoms with Gasteiger partial charge in [0.15, 0.2) is 0 Å². The first-order valence-corrected chi connectivity index (χ1v) is 12.0. The molecule has 1 radical (unpaired) electrons. The molecule has 5 rings (SSSR count). The molecule has 33 heavy (non-hydrogen) atoms. The normalized spacial score (nSPS) is 18.2. The molecule has 0 saturated carbocycles. The standard InChI is InChI=1S/C22H24N2S.C5H8O2.Ir/c1-21(2)11-12-22(3,4)18-14(21)9-10-16-20(18)25-17-8-6-7-15-19(17)24(16)13-23(15)5;1-4(6)3-5(2)7;/h6-9,13H,11-12H2,1-5H3;3H2,1-2H3;/q-2;;. The maximum atomic E-state index is 10.0. The number of Topliss-reactive ketones (excluding diaryl/α,β-unsaturated/α-hetero) is 2. The number of para-hydroxylation sites is 1. The zero-order valence-corrected chi connectivity index (χ0v) is 23.7. The summed E-state index contributed by atoms with van der Waals surface area (Å²) < 4.78 is 0. The van der Waals surface area contributed by atoms with Gasteiger partial charge in [-0.25, -0.2) is 0 Å². The Morgan fingerprint density at radius 2 is 1.73 bits per heavy atom. The molecule has 0 spiro atoms. The molecule has 0 fully saturated rings. The van der Waals surface area contributed by atoms with E-state index >= 15 is 0 Å². The Morgan fingerprint density at radius 1 is 1.09 bits per heavy atom. The van der Waals surface area contributed by atoms with Crippen molar-refractivity contribution in [1.82, 2.24) is 0 Å². The van der Waals surface area contributed by atoms with Gasteiger partial charge in [-0.15, -0.1) is 11.1 Å². The average molecular weight is 641 g/mol. The van der Waals surface area contributed by atoms with Crippen LogP contribution in [0.3, 0.4) is 0 Å². The van der Waals surface area contributed by atoms with Gasteiger partial charge < -0.3 is 9.80 Å². The average Bonchev–Trinajstić information content (AvgIpc) is 3.03. The third kappa shape index (κ3) is 4.67. The van der Waals surface area contributed by atoms with Crippen molar-refractivity contribution in [2.75, 3.05) is 16.8 Å². The smallest absolute Gasteiger partial charge is 0.137 e. The second-order valence-electron chi connectivity index (χ2n) is 10.4. The molecule has 0 saturated heterocycles. The molecule has 179 valence electrons. The minimum Gasteiger partial charge on any atom is -0.504 e. The zero-order valence-electron chi connectivity index (χ0n) is 20.5. The molecule has 0 N–H and O–H groups in total. The zero-order chi connectivity index (χ0) is 23.4. The van der Waals surface area contributed by atoms with Crippen LogP contribution < -0.4 is 9.80 Å². The number of benzene rings is 2. The van der Waals surface area contributed by atoms with E-state index in [0.717, 1.165) is 0 Å². The number of hydrogen-bond donors (Lipinski definition) is 0. The minimum absolute atomic E-state index is 0. The molecule has 2 aliphatic heterocycles. The molecule has 0 unspecified atom stereocenters. The van der Waals surface area contributed by atoms with Crippen LogP contribution in [0.1, 0.15) is 71.9 Å². The van der Waals surface area contributed by atoms with Gasteiger partial charge in [0.2, 0.25) is 0 Å². The quantitative estimate of drug-likeness (QED) is 0.275. The predicted molar refractivity (Wildman–Crippen MR) is 132 cm³/mol. The van der Waals surface area contributed by atoms with Crippen molar-refractivity contribution in [1.29, 1.82) is 0 Å². The van der Waals surface area contributed by atoms with E-state index in [4.69, 9.17) is 0 Å². The minimum atomic E-state index is -0.0625. The van der Waals surface area contributed by atoms with Crippen LogP contribution in [0.5, 0.6) is 0 Å². The number of rotatable bonds is 2. The van der Waals surface area contributed by atoms with Gasteiger partial charge in [0, 0.05) is 36.4 Å². The molecule has 1 aliphatic carbocycles. The van der Waals surface area contributed by atoms with Gasteiger partial charge in [-0.1, -0.05) is 56.2 Å². The molecule has 4 nitrogen and oxygen atoms in total. The maximum Gasteiger partial charge on any atom is 0.137 e. The van der Waals surface area contributed by atoms with Crippen molar-refractivity contribution in [3.63, 3.8) is 0 Å². The van der Waals surface area contributed by atoms with Crippen molar-refractivity contribution in [3.8, 4) is 0 Å². The van der Waals surface area contributed by atoms with Crippen LogP contribution in [0, 0.1) is 12.7 Å². The van der Waals surface area contributed by atoms with Crippen LogP contribution in [0.4, 0.5) is 17.1 Å². The first-order valence-electron chi connectivity index (χ1n) is 11.2. The van der Waals surface area contributed by atoms with Crippen molar-refractivity contribution >= 4 is 40.4 Å². The molecule has 2 aromatic carbocycles. The van der Waals surface area contributed by atoms with E-state index in [1.165, 1.54) is 59.1 Å². The number of carbonyl (C=O) groups excluding carboxylic acids is 2. The molecule has 6 heteroatoms. The Hall–Kier alpha value is -1.62. The third-order valence-electron chi connectivity index (χ3n) is 6.68. The number of anilines is 3. The van der Waals surface area contributed by atoms with E-state index in [0.29, 0.717) is 0 Å². The summed E-state index contributed by atoms with van der Waals surface area (Å²) in [5, 5.41) is 0. The molecule has 0 amide bonds. The summed E-state index contributed by atoms with van der Waals surface area (Å²) in [6.07, 6.45) is 2.56. The second kappa shape index (κ2) is 9.20. The monoisotopic (exact) mass is 641 g/mol. The summed E-state index contributed by atoms with van der Waals surface area (Å²) >= 11 is 1.94. The molecule has 3 aliphatic rings. The van der Waals surface area contributed by atoms with E-state index < -0.39 is 0 Å². The molecule has 0 bridgehead atoms. The van der Waals surface area contributed by atoms with Crippen LogP contribution >= 0.6 is 11.8 Å². The van der Waals surface area contributed by atoms with E-state index in [2.05, 4.69) is 81.5 Å². The fourth-order valence-electron chi connectivity index (χ4n) is 4.93. The Kier molecular flexibility index (Phi) is 7.25. The van der Waals surface area contributed by atoms with Crippen molar-refractivity contribution < 1.29 is 29.7 Å². The van der Waals surface area contributed by atoms with Gasteiger partial charge in [0.25, 0.3) is 0 Å². The van der Waals surface area contributed by atoms with Gasteiger partial charge in [0.1, 0.15) is 11.6 Å². The van der Waals surface area contributed by atoms with E-state index in [1.807, 2.05) is 11.8 Å². The number of fused-ring (bicyclic) bond motifs is 4. The van der Waals surface area contributed by atoms with Crippen LogP contribution in [-0.4, -0.2) is 18.6 Å². The Balaban J connectivity index is 0.000000337. The van der Waals surface area contributed by atoms with Crippen molar-refractivity contribution in [2.24, 2.45) is 0 Å². The molecule has 2 heterocycles. The molecule has 0 aromatic heterocycles. The number of ketones is 2. The first kappa shape index (κ1) is 26.0. The summed E-state index contributed by atoms with van der Waals surface area (Å²) in [4.78, 5) is 27.4. The molecular weight excluding hydrogens is 609 g/mol. The first-order chi connectivity index (χ1) is 14.9. The number of nitrogens with zero attached hydrogens (tertiary/aromatic N) is 2. The number of hydrogen-bond acceptors (Lipinski definition) is 5. The van der Waals surface area contributed by atoms with Crippen LogP contribution in [0.25, 0.3) is 0 Å². The fraction of sp³-hybridized carbons (Fsp3) is 0.444. The Bertz CT molecular complexity index is 1100. The number of carbonyl (C=O) groups is 2. The second-order valence-corrected chi connectivity index (χ2v) is 11.5. The summed E-state index contributed by atoms with van der Waals surface area (Å²) in [5.41, 5.74) is 7.28. The van der Waals surface area contributed by atoms with Gasteiger partial charge in [-0.05, 0) is 44.9 Å². The van der Waals surface area contributed by atoms with Crippen LogP contribution in [0.15, 0.2) is 34.1 Å². The Labute approximate surface area is 215 Å². The topological polar surface area (TPSA) is 40.6 Å². The van der Waals surface area contributed by atoms with Crippen LogP contribution in [0.2, 0.25) is 0 Å². The largest absolute Gasteiger partial charge is 0.504 e. The Morgan fingerprint density at radius 3 is 2.33 bits per heavy atom. The van der Waals surface area contributed by atoms with Gasteiger partial charge in [-0.3, -0.25) is 9.59 Å². The fourth-order valence-corrected chi connectivity index (χ4v) is 6.34. The van der Waals surface area contributed by atoms with Crippen LogP contribution in [-0.2, 0) is 40.5 Å². The summed E-state index contributed by atoms with van der Waals surface area (Å²) in [7, 11) is 2.13. The third-order valence-corrected chi connectivity index (χ3v) is 7.83. The SMILES string of the molecule is CC(=O)CC(C)=O.CN1[CH-]N2c3[c-]cc4c(c3Sc3cccc1c32)C(C)(C)CCC4(C)C.[Ir]. The summed E-state index contributed by atoms with van der Waals surface area (Å²) in [5.74, 6) is -0.125. The predicted octanol–water partition coefficient (Wildman–Crippen LogP) is 6.56. The molecule has 0 atom stereocenters. The van der Waals surface area contributed by atoms with E-state index in [1.54, 1.807) is 5.56 Å². The van der Waals surface area contributed by atoms with Gasteiger partial charge >= 0.3 is 0 Å². The maximum absolute atomic E-state index is 10.0. The molecular formula is C27H32IrN2O2S-2. The van der Waals surface area contributed by atoms with Crippen molar-refractivity contribution in [3.05, 3.63) is 48.1 Å². The van der Waals surface area contributed by atoms with Gasteiger partial charge in [-0.2, -0.15) is 30.6 Å². The van der Waals surface area contributed by atoms with Crippen molar-refractivity contribution in [2.45, 2.75) is 81.4 Å². The van der Waals surface area contributed by atoms with E-state index in [-0.39, 0.29) is 48.9 Å². The molecule has 2 aromatic rings. The van der Waals surface area contributed by atoms with E-state index in [9.17, 15) is 9.59 Å². The summed E-state index contributed by atoms with van der Waals surface area (Å²) in [6, 6.07) is 12.6.